The number of rotatable bonds is 2. The van der Waals surface area contributed by atoms with Crippen LogP contribution in [0.3, 0.4) is 0 Å². The van der Waals surface area contributed by atoms with Gasteiger partial charge in [0.1, 0.15) is 0 Å². The highest BCUT2D eigenvalue weighted by molar-refractivity contribution is 5.66. The Kier molecular flexibility index (Phi) is 4.19. The number of piperazine rings is 1. The van der Waals surface area contributed by atoms with E-state index in [2.05, 4.69) is 9.97 Å². The molecular weight excluding hydrogens is 289 g/mol. The number of nitrogens with zero attached hydrogens (tertiary/aromatic N) is 4. The predicted octanol–water partition coefficient (Wildman–Crippen LogP) is 2.07. The second-order valence-corrected chi connectivity index (χ2v) is 4.75. The van der Waals surface area contributed by atoms with Crippen molar-refractivity contribution in [2.45, 2.75) is 25.6 Å². The smallest absolute Gasteiger partial charge is 0.419 e. The van der Waals surface area contributed by atoms with E-state index in [9.17, 15) is 18.0 Å². The first-order valence-electron chi connectivity index (χ1n) is 6.46. The molecule has 0 aromatic carbocycles. The number of hydrogen-bond donors (Lipinski definition) is 1. The summed E-state index contributed by atoms with van der Waals surface area (Å²) in [6.45, 7) is 2.86. The predicted molar refractivity (Wildman–Crippen MR) is 68.1 cm³/mol. The number of carbonyl (C=O) groups is 1. The van der Waals surface area contributed by atoms with Crippen molar-refractivity contribution < 1.29 is 23.1 Å². The van der Waals surface area contributed by atoms with Crippen molar-refractivity contribution in [2.75, 3.05) is 24.5 Å². The second kappa shape index (κ2) is 5.74. The summed E-state index contributed by atoms with van der Waals surface area (Å²) in [7, 11) is 0. The van der Waals surface area contributed by atoms with Crippen LogP contribution in [-0.4, -0.2) is 51.7 Å². The van der Waals surface area contributed by atoms with Crippen LogP contribution < -0.4 is 4.90 Å². The van der Waals surface area contributed by atoms with E-state index in [0.717, 1.165) is 12.4 Å². The molecule has 0 saturated carbocycles. The van der Waals surface area contributed by atoms with E-state index in [0.29, 0.717) is 19.5 Å². The molecule has 9 heteroatoms. The minimum absolute atomic E-state index is 0.187. The highest BCUT2D eigenvalue weighted by atomic mass is 19.4. The molecule has 1 atom stereocenters. The quantitative estimate of drug-likeness (QED) is 0.906. The van der Waals surface area contributed by atoms with Gasteiger partial charge < -0.3 is 14.9 Å². The molecule has 1 aromatic rings. The van der Waals surface area contributed by atoms with Gasteiger partial charge in [-0.25, -0.2) is 14.8 Å². The van der Waals surface area contributed by atoms with E-state index in [1.54, 1.807) is 4.90 Å². The summed E-state index contributed by atoms with van der Waals surface area (Å²) >= 11 is 0. The molecule has 2 heterocycles. The third-order valence-corrected chi connectivity index (χ3v) is 3.45. The maximum atomic E-state index is 12.5. The average molecular weight is 304 g/mol. The minimum Gasteiger partial charge on any atom is -0.465 e. The van der Waals surface area contributed by atoms with Crippen LogP contribution in [0.1, 0.15) is 18.9 Å². The van der Waals surface area contributed by atoms with E-state index in [1.807, 2.05) is 6.92 Å². The van der Waals surface area contributed by atoms with E-state index in [4.69, 9.17) is 5.11 Å². The van der Waals surface area contributed by atoms with Gasteiger partial charge in [-0.1, -0.05) is 6.92 Å². The van der Waals surface area contributed by atoms with Crippen LogP contribution in [0.25, 0.3) is 0 Å². The lowest BCUT2D eigenvalue weighted by Crippen LogP contribution is -2.55. The molecule has 1 aliphatic heterocycles. The monoisotopic (exact) mass is 304 g/mol. The second-order valence-electron chi connectivity index (χ2n) is 4.75. The van der Waals surface area contributed by atoms with Gasteiger partial charge in [0.25, 0.3) is 0 Å². The van der Waals surface area contributed by atoms with Crippen molar-refractivity contribution in [2.24, 2.45) is 0 Å². The molecule has 1 amide bonds. The number of anilines is 1. The third kappa shape index (κ3) is 3.34. The Hall–Kier alpha value is -2.06. The van der Waals surface area contributed by atoms with Crippen LogP contribution in [0, 0.1) is 0 Å². The molecule has 0 aliphatic carbocycles. The van der Waals surface area contributed by atoms with Crippen molar-refractivity contribution in [3.8, 4) is 0 Å². The summed E-state index contributed by atoms with van der Waals surface area (Å²) in [5.41, 5.74) is -0.900. The van der Waals surface area contributed by atoms with Gasteiger partial charge in [-0.3, -0.25) is 0 Å². The van der Waals surface area contributed by atoms with E-state index < -0.39 is 17.8 Å². The molecule has 0 bridgehead atoms. The maximum Gasteiger partial charge on any atom is 0.419 e. The van der Waals surface area contributed by atoms with Gasteiger partial charge in [0.05, 0.1) is 11.6 Å². The molecule has 1 aliphatic rings. The Morgan fingerprint density at radius 2 is 2.00 bits per heavy atom. The van der Waals surface area contributed by atoms with Crippen LogP contribution in [0.4, 0.5) is 23.9 Å². The van der Waals surface area contributed by atoms with Gasteiger partial charge in [-0.05, 0) is 6.42 Å². The Balaban J connectivity index is 2.11. The number of carboxylic acid groups (broad SMARTS) is 1. The summed E-state index contributed by atoms with van der Waals surface area (Å²) in [4.78, 5) is 21.6. The average Bonchev–Trinajstić information content (AvgIpc) is 2.45. The zero-order chi connectivity index (χ0) is 15.6. The lowest BCUT2D eigenvalue weighted by atomic mass is 10.1. The molecular formula is C12H15F3N4O2. The molecule has 1 aromatic heterocycles. The van der Waals surface area contributed by atoms with Crippen LogP contribution in [0.5, 0.6) is 0 Å². The zero-order valence-corrected chi connectivity index (χ0v) is 11.3. The summed E-state index contributed by atoms with van der Waals surface area (Å²) in [5.74, 6) is 0.187. The van der Waals surface area contributed by atoms with Crippen molar-refractivity contribution >= 4 is 12.0 Å². The van der Waals surface area contributed by atoms with Crippen LogP contribution in [0.2, 0.25) is 0 Å². The summed E-state index contributed by atoms with van der Waals surface area (Å²) in [6, 6.07) is -0.220. The fraction of sp³-hybridized carbons (Fsp3) is 0.583. The zero-order valence-electron chi connectivity index (χ0n) is 11.3. The molecule has 0 spiro atoms. The fourth-order valence-corrected chi connectivity index (χ4v) is 2.27. The van der Waals surface area contributed by atoms with Crippen LogP contribution in [-0.2, 0) is 6.18 Å². The molecule has 1 fully saturated rings. The Morgan fingerprint density at radius 3 is 2.48 bits per heavy atom. The van der Waals surface area contributed by atoms with E-state index >= 15 is 0 Å². The van der Waals surface area contributed by atoms with Crippen molar-refractivity contribution in [1.29, 1.82) is 0 Å². The first-order valence-corrected chi connectivity index (χ1v) is 6.46. The summed E-state index contributed by atoms with van der Waals surface area (Å²) in [5, 5.41) is 9.07. The minimum atomic E-state index is -4.47. The topological polar surface area (TPSA) is 69.6 Å². The van der Waals surface area contributed by atoms with Crippen LogP contribution in [0.15, 0.2) is 12.4 Å². The standard InChI is InChI=1S/C12H15F3N4O2/c1-2-9-7-18(3-4-19(9)11(20)21)10-16-5-8(6-17-10)12(13,14)15/h5-6,9H,2-4,7H2,1H3,(H,20,21). The molecule has 116 valence electrons. The van der Waals surface area contributed by atoms with Crippen molar-refractivity contribution in [3.05, 3.63) is 18.0 Å². The van der Waals surface area contributed by atoms with Crippen LogP contribution >= 0.6 is 0 Å². The lowest BCUT2D eigenvalue weighted by Gasteiger charge is -2.39. The summed E-state index contributed by atoms with van der Waals surface area (Å²) in [6.07, 6.45) is -3.36. The SMILES string of the molecule is CCC1CN(c2ncc(C(F)(F)F)cn2)CCN1C(=O)O. The number of amides is 1. The number of halogens is 3. The van der Waals surface area contributed by atoms with Crippen molar-refractivity contribution in [3.63, 3.8) is 0 Å². The molecule has 21 heavy (non-hydrogen) atoms. The molecule has 6 nitrogen and oxygen atoms in total. The van der Waals surface area contributed by atoms with E-state index in [-0.39, 0.29) is 18.5 Å². The van der Waals surface area contributed by atoms with Gasteiger partial charge in [-0.15, -0.1) is 0 Å². The first-order chi connectivity index (χ1) is 9.82. The maximum absolute atomic E-state index is 12.5. The molecule has 1 N–H and O–H groups in total. The van der Waals surface area contributed by atoms with Gasteiger partial charge >= 0.3 is 12.3 Å². The van der Waals surface area contributed by atoms with Gasteiger partial charge in [-0.2, -0.15) is 13.2 Å². The van der Waals surface area contributed by atoms with Gasteiger partial charge in [0, 0.05) is 32.0 Å². The van der Waals surface area contributed by atoms with Gasteiger partial charge in [0.2, 0.25) is 5.95 Å². The van der Waals surface area contributed by atoms with E-state index in [1.165, 1.54) is 4.90 Å². The highest BCUT2D eigenvalue weighted by Gasteiger charge is 2.33. The lowest BCUT2D eigenvalue weighted by molar-refractivity contribution is -0.138. The fourth-order valence-electron chi connectivity index (χ4n) is 2.27. The molecule has 2 rings (SSSR count). The first kappa shape index (κ1) is 15.3. The normalized spacial score (nSPS) is 19.7. The van der Waals surface area contributed by atoms with Crippen molar-refractivity contribution in [1.82, 2.24) is 14.9 Å². The Morgan fingerprint density at radius 1 is 1.38 bits per heavy atom. The molecule has 1 saturated heterocycles. The Labute approximate surface area is 119 Å². The number of alkyl halides is 3. The van der Waals surface area contributed by atoms with Gasteiger partial charge in [0.15, 0.2) is 0 Å². The third-order valence-electron chi connectivity index (χ3n) is 3.45. The number of aromatic nitrogens is 2. The molecule has 0 radical (unpaired) electrons. The molecule has 1 unspecified atom stereocenters. The largest absolute Gasteiger partial charge is 0.465 e. The highest BCUT2D eigenvalue weighted by Crippen LogP contribution is 2.28. The summed E-state index contributed by atoms with van der Waals surface area (Å²) < 4.78 is 37.4. The Bertz CT molecular complexity index is 506. The number of hydrogen-bond acceptors (Lipinski definition) is 4.